The fourth-order valence-electron chi connectivity index (χ4n) is 4.98. The highest BCUT2D eigenvalue weighted by Gasteiger charge is 2.51. The Morgan fingerprint density at radius 1 is 0.815 bits per heavy atom. The second-order valence-electron chi connectivity index (χ2n) is 7.06. The molecule has 0 N–H and O–H groups in total. The highest BCUT2D eigenvalue weighted by molar-refractivity contribution is 5.97. The van der Waals surface area contributed by atoms with E-state index in [1.807, 2.05) is 25.1 Å². The molecule has 0 aliphatic heterocycles. The molecule has 3 aromatic rings. The normalized spacial score (nSPS) is 19.5. The van der Waals surface area contributed by atoms with Crippen LogP contribution in [0.25, 0.3) is 16.7 Å². The molecule has 2 aliphatic carbocycles. The molecule has 0 aromatic heterocycles. The highest BCUT2D eigenvalue weighted by Crippen LogP contribution is 2.62. The molecule has 0 saturated carbocycles. The average molecular weight is 350 g/mol. The Morgan fingerprint density at radius 3 is 2.15 bits per heavy atom. The lowest BCUT2D eigenvalue weighted by Gasteiger charge is -2.31. The summed E-state index contributed by atoms with van der Waals surface area (Å²) in [6.45, 7) is 6.21. The maximum atomic E-state index is 14.2. The van der Waals surface area contributed by atoms with Crippen LogP contribution in [0.5, 0.6) is 0 Å². The molecule has 0 bridgehead atoms. The van der Waals surface area contributed by atoms with Crippen LogP contribution in [0.4, 0.5) is 4.39 Å². The minimum Gasteiger partial charge on any atom is -0.207 e. The molecule has 130 valence electrons. The van der Waals surface area contributed by atoms with E-state index >= 15 is 0 Å². The van der Waals surface area contributed by atoms with Crippen molar-refractivity contribution in [1.82, 2.24) is 0 Å². The zero-order chi connectivity index (χ0) is 18.6. The predicted octanol–water partition coefficient (Wildman–Crippen LogP) is 6.67. The predicted molar refractivity (Wildman–Crippen MR) is 110 cm³/mol. The van der Waals surface area contributed by atoms with E-state index in [0.717, 1.165) is 16.7 Å². The zero-order valence-electron chi connectivity index (χ0n) is 15.2. The van der Waals surface area contributed by atoms with Gasteiger partial charge in [-0.05, 0) is 63.6 Å². The molecule has 1 atom stereocenters. The van der Waals surface area contributed by atoms with Crippen LogP contribution >= 0.6 is 0 Å². The van der Waals surface area contributed by atoms with Crippen molar-refractivity contribution in [2.24, 2.45) is 0 Å². The summed E-state index contributed by atoms with van der Waals surface area (Å²) in [5.41, 5.74) is 8.79. The number of allylic oxidation sites excluding steroid dienone is 5. The van der Waals surface area contributed by atoms with Gasteiger partial charge >= 0.3 is 0 Å². The summed E-state index contributed by atoms with van der Waals surface area (Å²) in [4.78, 5) is 0. The summed E-state index contributed by atoms with van der Waals surface area (Å²) in [5, 5.41) is 0. The van der Waals surface area contributed by atoms with Gasteiger partial charge in [-0.3, -0.25) is 0 Å². The van der Waals surface area contributed by atoms with Crippen LogP contribution in [0.1, 0.15) is 29.2 Å². The number of rotatable bonds is 2. The Bertz CT molecular complexity index is 1160. The van der Waals surface area contributed by atoms with Crippen LogP contribution in [0.3, 0.4) is 0 Å². The van der Waals surface area contributed by atoms with Crippen molar-refractivity contribution in [2.45, 2.75) is 12.3 Å². The first kappa shape index (κ1) is 16.0. The molecule has 1 spiro atoms. The standard InChI is InChI=1S/C26H19F/c1-3-9-18-19-10-5-7-12-23(19)26(22(18)4-2)24-13-8-6-11-20(24)21-16-17(27)14-15-25(21)26/h3-16H,2H2,1H3/b9-3-. The smallest absolute Gasteiger partial charge is 0.123 e. The van der Waals surface area contributed by atoms with Gasteiger partial charge in [0.05, 0.1) is 5.41 Å². The quantitative estimate of drug-likeness (QED) is 0.484. The summed E-state index contributed by atoms with van der Waals surface area (Å²) < 4.78 is 14.2. The first-order valence-electron chi connectivity index (χ1n) is 9.23. The molecule has 1 heteroatoms. The molecule has 0 radical (unpaired) electrons. The minimum atomic E-state index is -0.438. The number of fused-ring (bicyclic) bond motifs is 7. The van der Waals surface area contributed by atoms with Crippen molar-refractivity contribution in [2.75, 3.05) is 0 Å². The maximum absolute atomic E-state index is 14.2. The second kappa shape index (κ2) is 5.65. The van der Waals surface area contributed by atoms with Gasteiger partial charge in [0.1, 0.15) is 5.82 Å². The van der Waals surface area contributed by atoms with Crippen LogP contribution in [0, 0.1) is 5.82 Å². The van der Waals surface area contributed by atoms with Gasteiger partial charge in [-0.15, -0.1) is 0 Å². The van der Waals surface area contributed by atoms with Gasteiger partial charge in [0.2, 0.25) is 0 Å². The van der Waals surface area contributed by atoms with Gasteiger partial charge in [-0.1, -0.05) is 79.4 Å². The third-order valence-electron chi connectivity index (χ3n) is 5.86. The van der Waals surface area contributed by atoms with Crippen molar-refractivity contribution < 1.29 is 4.39 Å². The van der Waals surface area contributed by atoms with Gasteiger partial charge in [0.25, 0.3) is 0 Å². The number of hydrogen-bond acceptors (Lipinski definition) is 0. The van der Waals surface area contributed by atoms with Crippen molar-refractivity contribution in [1.29, 1.82) is 0 Å². The van der Waals surface area contributed by atoms with E-state index in [1.165, 1.54) is 27.8 Å². The van der Waals surface area contributed by atoms with Crippen molar-refractivity contribution in [3.05, 3.63) is 125 Å². The van der Waals surface area contributed by atoms with Gasteiger partial charge in [0, 0.05) is 0 Å². The second-order valence-corrected chi connectivity index (χ2v) is 7.06. The maximum Gasteiger partial charge on any atom is 0.123 e. The van der Waals surface area contributed by atoms with E-state index in [1.54, 1.807) is 12.1 Å². The van der Waals surface area contributed by atoms with E-state index in [2.05, 4.69) is 61.2 Å². The monoisotopic (exact) mass is 350 g/mol. The molecule has 3 aromatic carbocycles. The van der Waals surface area contributed by atoms with Crippen molar-refractivity contribution in [3.63, 3.8) is 0 Å². The van der Waals surface area contributed by atoms with E-state index in [0.29, 0.717) is 0 Å². The van der Waals surface area contributed by atoms with Gasteiger partial charge < -0.3 is 0 Å². The summed E-state index contributed by atoms with van der Waals surface area (Å²) in [6, 6.07) is 22.1. The van der Waals surface area contributed by atoms with Crippen LogP contribution in [-0.4, -0.2) is 0 Å². The minimum absolute atomic E-state index is 0.204. The molecule has 0 fully saturated rings. The average Bonchev–Trinajstić information content (AvgIpc) is 3.14. The largest absolute Gasteiger partial charge is 0.207 e. The van der Waals surface area contributed by atoms with Crippen molar-refractivity contribution >= 4 is 5.57 Å². The molecule has 27 heavy (non-hydrogen) atoms. The van der Waals surface area contributed by atoms with Crippen molar-refractivity contribution in [3.8, 4) is 11.1 Å². The molecular formula is C26H19F. The lowest BCUT2D eigenvalue weighted by Crippen LogP contribution is -2.26. The summed E-state index contributed by atoms with van der Waals surface area (Å²) >= 11 is 0. The first-order chi connectivity index (χ1) is 13.2. The molecular weight excluding hydrogens is 331 g/mol. The third kappa shape index (κ3) is 1.86. The van der Waals surface area contributed by atoms with E-state index < -0.39 is 5.41 Å². The number of halogens is 1. The molecule has 0 heterocycles. The Kier molecular flexibility index (Phi) is 3.35. The molecule has 5 rings (SSSR count). The molecule has 0 nitrogen and oxygen atoms in total. The molecule has 2 aliphatic rings. The van der Waals surface area contributed by atoms with E-state index in [4.69, 9.17) is 0 Å². The fourth-order valence-corrected chi connectivity index (χ4v) is 4.98. The molecule has 0 saturated heterocycles. The van der Waals surface area contributed by atoms with E-state index in [9.17, 15) is 4.39 Å². The third-order valence-corrected chi connectivity index (χ3v) is 5.86. The van der Waals surface area contributed by atoms with Gasteiger partial charge in [0.15, 0.2) is 0 Å². The Labute approximate surface area is 159 Å². The highest BCUT2D eigenvalue weighted by atomic mass is 19.1. The topological polar surface area (TPSA) is 0 Å². The Balaban J connectivity index is 2.02. The lowest BCUT2D eigenvalue weighted by molar-refractivity contribution is 0.627. The van der Waals surface area contributed by atoms with Crippen LogP contribution < -0.4 is 0 Å². The van der Waals surface area contributed by atoms with Crippen LogP contribution in [0.15, 0.2) is 97.1 Å². The molecule has 0 amide bonds. The number of benzene rings is 3. The first-order valence-corrected chi connectivity index (χ1v) is 9.23. The Morgan fingerprint density at radius 2 is 1.44 bits per heavy atom. The van der Waals surface area contributed by atoms with Crippen LogP contribution in [0.2, 0.25) is 0 Å². The summed E-state index contributed by atoms with van der Waals surface area (Å²) in [5.74, 6) is -0.204. The number of hydrogen-bond donors (Lipinski definition) is 0. The van der Waals surface area contributed by atoms with E-state index in [-0.39, 0.29) is 5.82 Å². The summed E-state index contributed by atoms with van der Waals surface area (Å²) in [7, 11) is 0. The Hall–Kier alpha value is -3.19. The molecule has 1 unspecified atom stereocenters. The zero-order valence-corrected chi connectivity index (χ0v) is 15.2. The van der Waals surface area contributed by atoms with Gasteiger partial charge in [-0.25, -0.2) is 4.39 Å². The summed E-state index contributed by atoms with van der Waals surface area (Å²) in [6.07, 6.45) is 6.21. The van der Waals surface area contributed by atoms with Crippen LogP contribution in [-0.2, 0) is 5.41 Å². The lowest BCUT2D eigenvalue weighted by atomic mass is 9.69. The SMILES string of the molecule is C=CC1=C(/C=C\C)c2ccccc2C12c1ccccc1-c1cc(F)ccc12. The van der Waals surface area contributed by atoms with Gasteiger partial charge in [-0.2, -0.15) is 0 Å². The fraction of sp³-hybridized carbons (Fsp3) is 0.0769.